The molecular weight excluding hydrogens is 196 g/mol. The van der Waals surface area contributed by atoms with Crippen LogP contribution in [0.25, 0.3) is 0 Å². The third-order valence-electron chi connectivity index (χ3n) is 2.79. The molecule has 0 aromatic rings. The molecule has 1 rings (SSSR count). The van der Waals surface area contributed by atoms with Crippen LogP contribution in [-0.4, -0.2) is 26.2 Å². The van der Waals surface area contributed by atoms with Gasteiger partial charge >= 0.3 is 11.9 Å². The predicted octanol–water partition coefficient (Wildman–Crippen LogP) is 1.30. The van der Waals surface area contributed by atoms with Crippen molar-refractivity contribution in [3.8, 4) is 0 Å². The van der Waals surface area contributed by atoms with Gasteiger partial charge in [0.2, 0.25) is 0 Å². The van der Waals surface area contributed by atoms with Crippen LogP contribution in [0.3, 0.4) is 0 Å². The molecule has 4 heteroatoms. The largest absolute Gasteiger partial charge is 0.469 e. The number of allylic oxidation sites excluding steroid dienone is 1. The maximum absolute atomic E-state index is 11.4. The van der Waals surface area contributed by atoms with E-state index in [0.29, 0.717) is 0 Å². The van der Waals surface area contributed by atoms with Crippen LogP contribution in [0.1, 0.15) is 19.3 Å². The summed E-state index contributed by atoms with van der Waals surface area (Å²) in [6.07, 6.45) is 1.70. The second-order valence-corrected chi connectivity index (χ2v) is 3.83. The molecule has 1 atom stereocenters. The normalized spacial score (nSPS) is 17.9. The van der Waals surface area contributed by atoms with Crippen LogP contribution >= 0.6 is 0 Å². The first-order chi connectivity index (χ1) is 7.08. The molecule has 0 aromatic carbocycles. The molecule has 1 aliphatic carbocycles. The zero-order chi connectivity index (χ0) is 11.4. The van der Waals surface area contributed by atoms with E-state index in [2.05, 4.69) is 16.1 Å². The third-order valence-corrected chi connectivity index (χ3v) is 2.79. The fourth-order valence-corrected chi connectivity index (χ4v) is 1.82. The lowest BCUT2D eigenvalue weighted by atomic mass is 9.72. The molecule has 0 spiro atoms. The van der Waals surface area contributed by atoms with E-state index in [1.54, 1.807) is 0 Å². The van der Waals surface area contributed by atoms with E-state index in [1.807, 2.05) is 0 Å². The van der Waals surface area contributed by atoms with Crippen molar-refractivity contribution in [1.29, 1.82) is 0 Å². The van der Waals surface area contributed by atoms with Gasteiger partial charge in [0.1, 0.15) is 0 Å². The number of hydrogen-bond donors (Lipinski definition) is 0. The maximum Gasteiger partial charge on any atom is 0.309 e. The number of esters is 2. The van der Waals surface area contributed by atoms with Gasteiger partial charge in [-0.15, -0.1) is 0 Å². The summed E-state index contributed by atoms with van der Waals surface area (Å²) in [6.45, 7) is 3.81. The van der Waals surface area contributed by atoms with Crippen LogP contribution in [-0.2, 0) is 19.1 Å². The SMILES string of the molecule is C=C1CC(C(CC(=O)OC)C(=O)OC)C1. The highest BCUT2D eigenvalue weighted by Gasteiger charge is 2.36. The lowest BCUT2D eigenvalue weighted by molar-refractivity contribution is -0.154. The Morgan fingerprint density at radius 1 is 1.40 bits per heavy atom. The second-order valence-electron chi connectivity index (χ2n) is 3.83. The molecule has 1 aliphatic rings. The summed E-state index contributed by atoms with van der Waals surface area (Å²) in [6, 6.07) is 0. The Morgan fingerprint density at radius 3 is 2.40 bits per heavy atom. The minimum Gasteiger partial charge on any atom is -0.469 e. The minimum absolute atomic E-state index is 0.0983. The first-order valence-electron chi connectivity index (χ1n) is 4.89. The van der Waals surface area contributed by atoms with Gasteiger partial charge < -0.3 is 9.47 Å². The van der Waals surface area contributed by atoms with Gasteiger partial charge in [0.05, 0.1) is 26.6 Å². The molecule has 84 valence electrons. The van der Waals surface area contributed by atoms with E-state index >= 15 is 0 Å². The van der Waals surface area contributed by atoms with E-state index in [4.69, 9.17) is 0 Å². The van der Waals surface area contributed by atoms with Gasteiger partial charge in [-0.1, -0.05) is 12.2 Å². The predicted molar refractivity (Wildman–Crippen MR) is 54.0 cm³/mol. The molecule has 15 heavy (non-hydrogen) atoms. The molecule has 1 fully saturated rings. The van der Waals surface area contributed by atoms with Gasteiger partial charge in [-0.25, -0.2) is 0 Å². The lowest BCUT2D eigenvalue weighted by Gasteiger charge is -2.33. The van der Waals surface area contributed by atoms with Gasteiger partial charge in [-0.05, 0) is 18.8 Å². The molecular formula is C11H16O4. The summed E-state index contributed by atoms with van der Waals surface area (Å²) in [5.41, 5.74) is 1.12. The van der Waals surface area contributed by atoms with Gasteiger partial charge in [-0.2, -0.15) is 0 Å². The van der Waals surface area contributed by atoms with Crippen molar-refractivity contribution in [3.63, 3.8) is 0 Å². The van der Waals surface area contributed by atoms with E-state index in [0.717, 1.165) is 18.4 Å². The number of carbonyl (C=O) groups is 2. The molecule has 0 heterocycles. The van der Waals surface area contributed by atoms with E-state index in [9.17, 15) is 9.59 Å². The molecule has 0 bridgehead atoms. The number of ether oxygens (including phenoxy) is 2. The Bertz CT molecular complexity index is 274. The second kappa shape index (κ2) is 4.96. The Balaban J connectivity index is 2.57. The zero-order valence-electron chi connectivity index (χ0n) is 9.12. The van der Waals surface area contributed by atoms with Crippen molar-refractivity contribution in [1.82, 2.24) is 0 Å². The van der Waals surface area contributed by atoms with Crippen molar-refractivity contribution in [3.05, 3.63) is 12.2 Å². The summed E-state index contributed by atoms with van der Waals surface area (Å²) in [5.74, 6) is -0.905. The van der Waals surface area contributed by atoms with Crippen molar-refractivity contribution >= 4 is 11.9 Å². The molecule has 0 amide bonds. The zero-order valence-corrected chi connectivity index (χ0v) is 9.12. The van der Waals surface area contributed by atoms with Crippen molar-refractivity contribution in [2.45, 2.75) is 19.3 Å². The summed E-state index contributed by atoms with van der Waals surface area (Å²) >= 11 is 0. The van der Waals surface area contributed by atoms with Crippen LogP contribution in [0.2, 0.25) is 0 Å². The molecule has 0 radical (unpaired) electrons. The topological polar surface area (TPSA) is 52.6 Å². The highest BCUT2D eigenvalue weighted by Crippen LogP contribution is 2.39. The fourth-order valence-electron chi connectivity index (χ4n) is 1.82. The van der Waals surface area contributed by atoms with E-state index < -0.39 is 0 Å². The quantitative estimate of drug-likeness (QED) is 0.520. The molecule has 0 aliphatic heterocycles. The van der Waals surface area contributed by atoms with Crippen LogP contribution in [0.15, 0.2) is 12.2 Å². The molecule has 0 aromatic heterocycles. The minimum atomic E-state index is -0.382. The van der Waals surface area contributed by atoms with Gasteiger partial charge in [0.15, 0.2) is 0 Å². The molecule has 0 N–H and O–H groups in total. The van der Waals surface area contributed by atoms with Crippen LogP contribution in [0, 0.1) is 11.8 Å². The maximum atomic E-state index is 11.4. The van der Waals surface area contributed by atoms with E-state index in [-0.39, 0.29) is 30.2 Å². The molecule has 1 unspecified atom stereocenters. The summed E-state index contributed by atoms with van der Waals surface area (Å²) in [4.78, 5) is 22.6. The Kier molecular flexibility index (Phi) is 3.88. The number of methoxy groups -OCH3 is 2. The number of rotatable bonds is 4. The van der Waals surface area contributed by atoms with Crippen LogP contribution < -0.4 is 0 Å². The van der Waals surface area contributed by atoms with Crippen molar-refractivity contribution in [2.75, 3.05) is 14.2 Å². The van der Waals surface area contributed by atoms with Gasteiger partial charge in [0.25, 0.3) is 0 Å². The first-order valence-corrected chi connectivity index (χ1v) is 4.89. The highest BCUT2D eigenvalue weighted by molar-refractivity contribution is 5.80. The Morgan fingerprint density at radius 2 is 2.00 bits per heavy atom. The van der Waals surface area contributed by atoms with Crippen molar-refractivity contribution in [2.24, 2.45) is 11.8 Å². The Hall–Kier alpha value is -1.32. The Labute approximate surface area is 89.2 Å². The molecule has 1 saturated carbocycles. The summed E-state index contributed by atoms with van der Waals surface area (Å²) in [7, 11) is 2.65. The standard InChI is InChI=1S/C11H16O4/c1-7-4-8(5-7)9(11(13)15-3)6-10(12)14-2/h8-9H,1,4-6H2,2-3H3. The van der Waals surface area contributed by atoms with E-state index in [1.165, 1.54) is 14.2 Å². The van der Waals surface area contributed by atoms with Gasteiger partial charge in [-0.3, -0.25) is 9.59 Å². The average molecular weight is 212 g/mol. The van der Waals surface area contributed by atoms with Crippen molar-refractivity contribution < 1.29 is 19.1 Å². The van der Waals surface area contributed by atoms with Crippen LogP contribution in [0.5, 0.6) is 0 Å². The fraction of sp³-hybridized carbons (Fsp3) is 0.636. The smallest absolute Gasteiger partial charge is 0.309 e. The lowest BCUT2D eigenvalue weighted by Crippen LogP contribution is -2.32. The summed E-state index contributed by atoms with van der Waals surface area (Å²) in [5, 5.41) is 0. The number of hydrogen-bond acceptors (Lipinski definition) is 4. The monoisotopic (exact) mass is 212 g/mol. The highest BCUT2D eigenvalue weighted by atomic mass is 16.5. The van der Waals surface area contributed by atoms with Crippen LogP contribution in [0.4, 0.5) is 0 Å². The number of carbonyl (C=O) groups excluding carboxylic acids is 2. The average Bonchev–Trinajstić information content (AvgIpc) is 2.20. The molecule has 4 nitrogen and oxygen atoms in total. The molecule has 0 saturated heterocycles. The van der Waals surface area contributed by atoms with Gasteiger partial charge in [0, 0.05) is 0 Å². The summed E-state index contributed by atoms with van der Waals surface area (Å²) < 4.78 is 9.23. The first kappa shape index (κ1) is 11.8. The third kappa shape index (κ3) is 2.81.